The molecule has 1 heterocycles. The third kappa shape index (κ3) is 5.60. The van der Waals surface area contributed by atoms with Crippen molar-refractivity contribution in [3.05, 3.63) is 16.1 Å². The van der Waals surface area contributed by atoms with E-state index in [9.17, 15) is 4.79 Å². The van der Waals surface area contributed by atoms with Crippen LogP contribution in [0.1, 0.15) is 44.3 Å². The molecule has 2 N–H and O–H groups in total. The predicted molar refractivity (Wildman–Crippen MR) is 75.7 cm³/mol. The monoisotopic (exact) mass is 269 g/mol. The fourth-order valence-electron chi connectivity index (χ4n) is 1.46. The second-order valence-electron chi connectivity index (χ2n) is 4.39. The maximum atomic E-state index is 11.5. The van der Waals surface area contributed by atoms with Gasteiger partial charge in [-0.3, -0.25) is 4.79 Å². The number of aryl methyl sites for hydroxylation is 1. The molecule has 102 valence electrons. The molecule has 0 aliphatic heterocycles. The van der Waals surface area contributed by atoms with Gasteiger partial charge in [0.25, 0.3) is 0 Å². The minimum Gasteiger partial charge on any atom is -0.354 e. The van der Waals surface area contributed by atoms with E-state index in [4.69, 9.17) is 0 Å². The summed E-state index contributed by atoms with van der Waals surface area (Å²) in [4.78, 5) is 16.0. The van der Waals surface area contributed by atoms with Crippen LogP contribution < -0.4 is 10.6 Å². The second-order valence-corrected chi connectivity index (χ2v) is 5.33. The number of amides is 1. The number of hydrogen-bond donors (Lipinski definition) is 2. The maximum absolute atomic E-state index is 11.5. The first kappa shape index (κ1) is 15.1. The zero-order chi connectivity index (χ0) is 13.4. The standard InChI is InChI=1S/C13H23N3OS/c1-4-10(3)15-12(17)6-7-14-8-11-9-18-13(5-2)16-11/h9-10,14H,4-8H2,1-3H3,(H,15,17). The number of aromatic nitrogens is 1. The summed E-state index contributed by atoms with van der Waals surface area (Å²) in [6.07, 6.45) is 2.48. The van der Waals surface area contributed by atoms with Crippen LogP contribution in [0.2, 0.25) is 0 Å². The van der Waals surface area contributed by atoms with Crippen LogP contribution in [0.4, 0.5) is 0 Å². The van der Waals surface area contributed by atoms with E-state index in [-0.39, 0.29) is 11.9 Å². The van der Waals surface area contributed by atoms with Crippen molar-refractivity contribution in [3.8, 4) is 0 Å². The third-order valence-corrected chi connectivity index (χ3v) is 3.80. The molecule has 0 fully saturated rings. The number of nitrogens with one attached hydrogen (secondary N) is 2. The smallest absolute Gasteiger partial charge is 0.221 e. The summed E-state index contributed by atoms with van der Waals surface area (Å²) in [6, 6.07) is 0.267. The van der Waals surface area contributed by atoms with Gasteiger partial charge in [-0.15, -0.1) is 11.3 Å². The SMILES string of the molecule is CCc1nc(CNCCC(=O)NC(C)CC)cs1. The molecule has 18 heavy (non-hydrogen) atoms. The number of thiazole rings is 1. The van der Waals surface area contributed by atoms with E-state index in [1.165, 1.54) is 5.01 Å². The van der Waals surface area contributed by atoms with E-state index in [2.05, 4.69) is 34.8 Å². The maximum Gasteiger partial charge on any atom is 0.221 e. The van der Waals surface area contributed by atoms with E-state index < -0.39 is 0 Å². The molecule has 0 saturated heterocycles. The molecule has 1 rings (SSSR count). The van der Waals surface area contributed by atoms with Crippen molar-refractivity contribution in [1.82, 2.24) is 15.6 Å². The van der Waals surface area contributed by atoms with E-state index in [0.29, 0.717) is 13.0 Å². The Morgan fingerprint density at radius 3 is 2.89 bits per heavy atom. The third-order valence-electron chi connectivity index (χ3n) is 2.76. The van der Waals surface area contributed by atoms with Crippen molar-refractivity contribution in [3.63, 3.8) is 0 Å². The Morgan fingerprint density at radius 2 is 2.28 bits per heavy atom. The number of carbonyl (C=O) groups is 1. The van der Waals surface area contributed by atoms with Crippen molar-refractivity contribution in [2.24, 2.45) is 0 Å². The van der Waals surface area contributed by atoms with Crippen LogP contribution in [0.3, 0.4) is 0 Å². The van der Waals surface area contributed by atoms with Gasteiger partial charge < -0.3 is 10.6 Å². The summed E-state index contributed by atoms with van der Waals surface area (Å²) in [5.74, 6) is 0.115. The zero-order valence-electron chi connectivity index (χ0n) is 11.5. The molecule has 0 saturated carbocycles. The summed E-state index contributed by atoms with van der Waals surface area (Å²) in [5.41, 5.74) is 1.07. The first-order valence-electron chi connectivity index (χ1n) is 6.59. The van der Waals surface area contributed by atoms with Crippen LogP contribution in [0.5, 0.6) is 0 Å². The lowest BCUT2D eigenvalue weighted by Crippen LogP contribution is -2.33. The fraction of sp³-hybridized carbons (Fsp3) is 0.692. The van der Waals surface area contributed by atoms with Crippen LogP contribution in [0.25, 0.3) is 0 Å². The lowest BCUT2D eigenvalue weighted by Gasteiger charge is -2.11. The second kappa shape index (κ2) is 8.21. The minimum absolute atomic E-state index is 0.115. The van der Waals surface area contributed by atoms with Crippen LogP contribution in [-0.4, -0.2) is 23.5 Å². The van der Waals surface area contributed by atoms with Gasteiger partial charge in [-0.25, -0.2) is 4.98 Å². The van der Waals surface area contributed by atoms with Gasteiger partial charge in [-0.1, -0.05) is 13.8 Å². The molecular weight excluding hydrogens is 246 g/mol. The number of carbonyl (C=O) groups excluding carboxylic acids is 1. The minimum atomic E-state index is 0.115. The molecule has 1 atom stereocenters. The highest BCUT2D eigenvalue weighted by molar-refractivity contribution is 7.09. The fourth-order valence-corrected chi connectivity index (χ4v) is 2.20. The number of rotatable bonds is 8. The van der Waals surface area contributed by atoms with Crippen molar-refractivity contribution in [1.29, 1.82) is 0 Å². The van der Waals surface area contributed by atoms with Gasteiger partial charge in [-0.2, -0.15) is 0 Å². The van der Waals surface area contributed by atoms with Gasteiger partial charge in [0, 0.05) is 30.9 Å². The molecule has 0 aliphatic rings. The van der Waals surface area contributed by atoms with Crippen LogP contribution in [-0.2, 0) is 17.8 Å². The van der Waals surface area contributed by atoms with Crippen LogP contribution in [0, 0.1) is 0 Å². The summed E-state index contributed by atoms with van der Waals surface area (Å²) >= 11 is 1.69. The van der Waals surface area contributed by atoms with E-state index in [0.717, 1.165) is 25.1 Å². The number of nitrogens with zero attached hydrogens (tertiary/aromatic N) is 1. The highest BCUT2D eigenvalue weighted by Crippen LogP contribution is 2.09. The Labute approximate surface area is 113 Å². The van der Waals surface area contributed by atoms with Gasteiger partial charge in [0.1, 0.15) is 0 Å². The molecule has 1 aromatic heterocycles. The molecule has 0 aromatic carbocycles. The van der Waals surface area contributed by atoms with Crippen molar-refractivity contribution < 1.29 is 4.79 Å². The molecule has 0 aliphatic carbocycles. The van der Waals surface area contributed by atoms with Gasteiger partial charge in [0.15, 0.2) is 0 Å². The quantitative estimate of drug-likeness (QED) is 0.711. The van der Waals surface area contributed by atoms with Crippen molar-refractivity contribution >= 4 is 17.2 Å². The van der Waals surface area contributed by atoms with E-state index >= 15 is 0 Å². The molecule has 1 aromatic rings. The topological polar surface area (TPSA) is 54.0 Å². The average molecular weight is 269 g/mol. The van der Waals surface area contributed by atoms with E-state index in [1.807, 2.05) is 6.92 Å². The molecule has 0 bridgehead atoms. The van der Waals surface area contributed by atoms with Crippen LogP contribution >= 0.6 is 11.3 Å². The summed E-state index contributed by atoms with van der Waals surface area (Å²) in [5, 5.41) is 9.44. The lowest BCUT2D eigenvalue weighted by molar-refractivity contribution is -0.121. The molecule has 1 amide bonds. The summed E-state index contributed by atoms with van der Waals surface area (Å²) < 4.78 is 0. The highest BCUT2D eigenvalue weighted by atomic mass is 32.1. The Hall–Kier alpha value is -0.940. The Bertz CT molecular complexity index is 365. The molecule has 1 unspecified atom stereocenters. The molecular formula is C13H23N3OS. The first-order valence-corrected chi connectivity index (χ1v) is 7.47. The van der Waals surface area contributed by atoms with Crippen molar-refractivity contribution in [2.75, 3.05) is 6.54 Å². The van der Waals surface area contributed by atoms with Crippen molar-refractivity contribution in [2.45, 2.75) is 52.6 Å². The van der Waals surface area contributed by atoms with Crippen LogP contribution in [0.15, 0.2) is 5.38 Å². The Balaban J connectivity index is 2.13. The molecule has 4 nitrogen and oxygen atoms in total. The first-order chi connectivity index (χ1) is 8.65. The molecule has 0 spiro atoms. The molecule has 5 heteroatoms. The van der Waals surface area contributed by atoms with Gasteiger partial charge in [0.2, 0.25) is 5.91 Å². The predicted octanol–water partition coefficient (Wildman–Crippen LogP) is 2.10. The largest absolute Gasteiger partial charge is 0.354 e. The van der Waals surface area contributed by atoms with E-state index in [1.54, 1.807) is 11.3 Å². The zero-order valence-corrected chi connectivity index (χ0v) is 12.3. The van der Waals surface area contributed by atoms with Gasteiger partial charge in [-0.05, 0) is 19.8 Å². The Morgan fingerprint density at radius 1 is 1.50 bits per heavy atom. The summed E-state index contributed by atoms with van der Waals surface area (Å²) in [7, 11) is 0. The lowest BCUT2D eigenvalue weighted by atomic mass is 10.2. The highest BCUT2D eigenvalue weighted by Gasteiger charge is 2.05. The summed E-state index contributed by atoms with van der Waals surface area (Å²) in [6.45, 7) is 7.63. The Kier molecular flexibility index (Phi) is 6.90. The normalized spacial score (nSPS) is 12.4. The number of hydrogen-bond acceptors (Lipinski definition) is 4. The van der Waals surface area contributed by atoms with Gasteiger partial charge in [0.05, 0.1) is 10.7 Å². The average Bonchev–Trinajstić information content (AvgIpc) is 2.82. The van der Waals surface area contributed by atoms with Gasteiger partial charge >= 0.3 is 0 Å². The molecule has 0 radical (unpaired) electrons.